The molecule has 2 unspecified atom stereocenters. The van der Waals surface area contributed by atoms with Gasteiger partial charge in [-0.1, -0.05) is 25.0 Å². The van der Waals surface area contributed by atoms with Gasteiger partial charge in [0.25, 0.3) is 0 Å². The van der Waals surface area contributed by atoms with Gasteiger partial charge in [0.15, 0.2) is 0 Å². The topological polar surface area (TPSA) is 12.0 Å². The van der Waals surface area contributed by atoms with E-state index in [2.05, 4.69) is 5.32 Å². The van der Waals surface area contributed by atoms with Crippen LogP contribution in [0.1, 0.15) is 42.7 Å². The van der Waals surface area contributed by atoms with Gasteiger partial charge in [0.05, 0.1) is 5.56 Å². The quantitative estimate of drug-likeness (QED) is 0.845. The first-order valence-corrected chi connectivity index (χ1v) is 6.37. The molecule has 1 aromatic carbocycles. The van der Waals surface area contributed by atoms with Gasteiger partial charge >= 0.3 is 6.18 Å². The van der Waals surface area contributed by atoms with Gasteiger partial charge in [-0.15, -0.1) is 0 Å². The van der Waals surface area contributed by atoms with Crippen LogP contribution in [-0.2, 0) is 6.18 Å². The van der Waals surface area contributed by atoms with Crippen molar-refractivity contribution in [3.05, 3.63) is 35.4 Å². The summed E-state index contributed by atoms with van der Waals surface area (Å²) >= 11 is 0. The predicted octanol–water partition coefficient (Wildman–Crippen LogP) is 3.95. The molecule has 0 bridgehead atoms. The van der Waals surface area contributed by atoms with Crippen LogP contribution in [-0.4, -0.2) is 13.1 Å². The van der Waals surface area contributed by atoms with E-state index in [9.17, 15) is 13.2 Å². The SMILES string of the molecule is CNC1CCCCC1c1ccc(C(F)(F)F)cc1. The van der Waals surface area contributed by atoms with Crippen LogP contribution in [0.4, 0.5) is 13.2 Å². The molecule has 0 radical (unpaired) electrons. The molecule has 100 valence electrons. The molecule has 1 saturated carbocycles. The first-order valence-electron chi connectivity index (χ1n) is 6.37. The number of alkyl halides is 3. The molecule has 0 aromatic heterocycles. The van der Waals surface area contributed by atoms with Gasteiger partial charge in [0.1, 0.15) is 0 Å². The molecule has 1 aliphatic rings. The highest BCUT2D eigenvalue weighted by molar-refractivity contribution is 5.28. The number of benzene rings is 1. The van der Waals surface area contributed by atoms with Gasteiger partial charge in [-0.2, -0.15) is 13.2 Å². The Balaban J connectivity index is 2.18. The Kier molecular flexibility index (Phi) is 3.95. The maximum Gasteiger partial charge on any atom is 0.416 e. The van der Waals surface area contributed by atoms with Gasteiger partial charge in [-0.05, 0) is 43.5 Å². The van der Waals surface area contributed by atoms with Crippen molar-refractivity contribution >= 4 is 0 Å². The number of rotatable bonds is 2. The molecule has 1 aromatic rings. The summed E-state index contributed by atoms with van der Waals surface area (Å²) in [5.74, 6) is 0.339. The van der Waals surface area contributed by atoms with Crippen molar-refractivity contribution in [1.29, 1.82) is 0 Å². The molecule has 0 heterocycles. The Morgan fingerprint density at radius 3 is 2.22 bits per heavy atom. The first-order chi connectivity index (χ1) is 8.52. The number of hydrogen-bond donors (Lipinski definition) is 1. The summed E-state index contributed by atoms with van der Waals surface area (Å²) in [6.45, 7) is 0. The Morgan fingerprint density at radius 2 is 1.67 bits per heavy atom. The fourth-order valence-corrected chi connectivity index (χ4v) is 2.79. The van der Waals surface area contributed by atoms with E-state index in [1.54, 1.807) is 12.1 Å². The van der Waals surface area contributed by atoms with Crippen LogP contribution in [0.15, 0.2) is 24.3 Å². The zero-order valence-electron chi connectivity index (χ0n) is 10.4. The van der Waals surface area contributed by atoms with E-state index in [0.717, 1.165) is 24.8 Å². The van der Waals surface area contributed by atoms with Crippen LogP contribution in [0.25, 0.3) is 0 Å². The van der Waals surface area contributed by atoms with E-state index in [-0.39, 0.29) is 0 Å². The zero-order chi connectivity index (χ0) is 13.2. The zero-order valence-corrected chi connectivity index (χ0v) is 10.4. The van der Waals surface area contributed by atoms with Gasteiger partial charge in [0, 0.05) is 6.04 Å². The monoisotopic (exact) mass is 257 g/mol. The van der Waals surface area contributed by atoms with Crippen molar-refractivity contribution in [3.63, 3.8) is 0 Å². The van der Waals surface area contributed by atoms with Crippen LogP contribution in [0, 0.1) is 0 Å². The largest absolute Gasteiger partial charge is 0.416 e. The van der Waals surface area contributed by atoms with E-state index in [0.29, 0.717) is 12.0 Å². The van der Waals surface area contributed by atoms with E-state index < -0.39 is 11.7 Å². The van der Waals surface area contributed by atoms with Crippen molar-refractivity contribution in [3.8, 4) is 0 Å². The van der Waals surface area contributed by atoms with Crippen molar-refractivity contribution in [2.75, 3.05) is 7.05 Å². The number of halogens is 3. The summed E-state index contributed by atoms with van der Waals surface area (Å²) < 4.78 is 37.5. The lowest BCUT2D eigenvalue weighted by molar-refractivity contribution is -0.137. The number of likely N-dealkylation sites (N-methyl/N-ethyl adjacent to an activating group) is 1. The fourth-order valence-electron chi connectivity index (χ4n) is 2.79. The Labute approximate surface area is 105 Å². The van der Waals surface area contributed by atoms with Crippen molar-refractivity contribution in [2.24, 2.45) is 0 Å². The minimum Gasteiger partial charge on any atom is -0.316 e. The molecule has 0 spiro atoms. The summed E-state index contributed by atoms with van der Waals surface area (Å²) in [6, 6.07) is 6.02. The van der Waals surface area contributed by atoms with E-state index in [4.69, 9.17) is 0 Å². The van der Waals surface area contributed by atoms with Crippen LogP contribution < -0.4 is 5.32 Å². The average molecular weight is 257 g/mol. The van der Waals surface area contributed by atoms with Crippen LogP contribution in [0.2, 0.25) is 0 Å². The molecule has 4 heteroatoms. The molecule has 1 N–H and O–H groups in total. The Morgan fingerprint density at radius 1 is 1.06 bits per heavy atom. The predicted molar refractivity (Wildman–Crippen MR) is 65.5 cm³/mol. The molecule has 2 rings (SSSR count). The van der Waals surface area contributed by atoms with Crippen LogP contribution >= 0.6 is 0 Å². The Hall–Kier alpha value is -1.03. The summed E-state index contributed by atoms with van der Waals surface area (Å²) in [5, 5.41) is 3.28. The fraction of sp³-hybridized carbons (Fsp3) is 0.571. The molecular weight excluding hydrogens is 239 g/mol. The number of hydrogen-bond acceptors (Lipinski definition) is 1. The van der Waals surface area contributed by atoms with E-state index in [1.807, 2.05) is 7.05 Å². The van der Waals surface area contributed by atoms with Gasteiger partial charge in [0.2, 0.25) is 0 Å². The third-order valence-electron chi connectivity index (χ3n) is 3.80. The maximum atomic E-state index is 12.5. The normalized spacial score (nSPS) is 25.1. The molecule has 1 nitrogen and oxygen atoms in total. The van der Waals surface area contributed by atoms with Gasteiger partial charge in [-0.3, -0.25) is 0 Å². The van der Waals surface area contributed by atoms with Crippen molar-refractivity contribution in [2.45, 2.75) is 43.8 Å². The minimum absolute atomic E-state index is 0.339. The second-order valence-corrected chi connectivity index (χ2v) is 4.91. The lowest BCUT2D eigenvalue weighted by atomic mass is 9.80. The molecule has 2 atom stereocenters. The lowest BCUT2D eigenvalue weighted by Gasteiger charge is -2.31. The van der Waals surface area contributed by atoms with Crippen molar-refractivity contribution < 1.29 is 13.2 Å². The Bertz CT molecular complexity index is 383. The van der Waals surface area contributed by atoms with E-state index in [1.165, 1.54) is 18.6 Å². The second-order valence-electron chi connectivity index (χ2n) is 4.91. The molecule has 0 aliphatic heterocycles. The smallest absolute Gasteiger partial charge is 0.316 e. The molecular formula is C14H18F3N. The highest BCUT2D eigenvalue weighted by Crippen LogP contribution is 2.35. The van der Waals surface area contributed by atoms with Crippen LogP contribution in [0.3, 0.4) is 0 Å². The number of nitrogens with one attached hydrogen (secondary N) is 1. The first kappa shape index (κ1) is 13.4. The molecule has 1 aliphatic carbocycles. The minimum atomic E-state index is -4.24. The van der Waals surface area contributed by atoms with Gasteiger partial charge in [-0.25, -0.2) is 0 Å². The third kappa shape index (κ3) is 2.86. The van der Waals surface area contributed by atoms with E-state index >= 15 is 0 Å². The summed E-state index contributed by atoms with van der Waals surface area (Å²) in [5.41, 5.74) is 0.449. The van der Waals surface area contributed by atoms with Crippen molar-refractivity contribution in [1.82, 2.24) is 5.32 Å². The molecule has 0 amide bonds. The average Bonchev–Trinajstić information content (AvgIpc) is 2.38. The summed E-state index contributed by atoms with van der Waals surface area (Å²) in [6.07, 6.45) is 0.263. The summed E-state index contributed by atoms with van der Waals surface area (Å²) in [7, 11) is 1.92. The standard InChI is InChI=1S/C14H18F3N/c1-18-13-5-3-2-4-12(13)10-6-8-11(9-7-10)14(15,16)17/h6-9,12-13,18H,2-5H2,1H3. The molecule has 0 saturated heterocycles. The highest BCUT2D eigenvalue weighted by atomic mass is 19.4. The van der Waals surface area contributed by atoms with Crippen LogP contribution in [0.5, 0.6) is 0 Å². The third-order valence-corrected chi connectivity index (χ3v) is 3.80. The summed E-state index contributed by atoms with van der Waals surface area (Å²) in [4.78, 5) is 0. The second kappa shape index (κ2) is 5.31. The molecule has 1 fully saturated rings. The maximum absolute atomic E-state index is 12.5. The lowest BCUT2D eigenvalue weighted by Crippen LogP contribution is -2.34. The molecule has 18 heavy (non-hydrogen) atoms. The van der Waals surface area contributed by atoms with Gasteiger partial charge < -0.3 is 5.32 Å². The highest BCUT2D eigenvalue weighted by Gasteiger charge is 2.31.